The minimum Gasteiger partial charge on any atom is -0.339 e. The van der Waals surface area contributed by atoms with Crippen molar-refractivity contribution in [2.45, 2.75) is 32.7 Å². The number of amides is 5. The molecule has 3 heterocycles. The zero-order valence-corrected chi connectivity index (χ0v) is 18.5. The van der Waals surface area contributed by atoms with Crippen molar-refractivity contribution in [3.63, 3.8) is 0 Å². The third-order valence-corrected chi connectivity index (χ3v) is 6.50. The Balaban J connectivity index is 1.26. The smallest absolute Gasteiger partial charge is 0.261 e. The molecule has 0 spiro atoms. The van der Waals surface area contributed by atoms with Crippen LogP contribution in [0.2, 0.25) is 0 Å². The van der Waals surface area contributed by atoms with E-state index in [-0.39, 0.29) is 60.9 Å². The van der Waals surface area contributed by atoms with Gasteiger partial charge in [-0.3, -0.25) is 28.9 Å². The van der Waals surface area contributed by atoms with Gasteiger partial charge in [0.2, 0.25) is 17.7 Å². The van der Waals surface area contributed by atoms with Crippen LogP contribution in [0.4, 0.5) is 0 Å². The second-order valence-electron chi connectivity index (χ2n) is 8.80. The summed E-state index contributed by atoms with van der Waals surface area (Å²) in [7, 11) is 0. The number of carbonyl (C=O) groups is 5. The number of benzene rings is 1. The van der Waals surface area contributed by atoms with Gasteiger partial charge in [0.1, 0.15) is 0 Å². The summed E-state index contributed by atoms with van der Waals surface area (Å²) in [5, 5.41) is 0. The molecule has 3 aliphatic rings. The number of likely N-dealkylation sites (tertiary alicyclic amines) is 1. The molecule has 3 aliphatic heterocycles. The van der Waals surface area contributed by atoms with Crippen molar-refractivity contribution in [2.75, 3.05) is 39.3 Å². The molecule has 0 radical (unpaired) electrons. The summed E-state index contributed by atoms with van der Waals surface area (Å²) in [5.41, 5.74) is 0.747. The van der Waals surface area contributed by atoms with Crippen LogP contribution in [0.3, 0.4) is 0 Å². The molecule has 0 aliphatic carbocycles. The minimum absolute atomic E-state index is 0.0142. The van der Waals surface area contributed by atoms with Crippen molar-refractivity contribution < 1.29 is 24.0 Å². The van der Waals surface area contributed by atoms with Crippen LogP contribution < -0.4 is 0 Å². The molecule has 2 fully saturated rings. The summed E-state index contributed by atoms with van der Waals surface area (Å²) in [5.74, 6) is -1.21. The molecular formula is C23H28N4O5. The van der Waals surface area contributed by atoms with Gasteiger partial charge in [0.25, 0.3) is 11.8 Å². The zero-order chi connectivity index (χ0) is 23.0. The molecule has 5 amide bonds. The number of nitrogens with zero attached hydrogens (tertiary/aromatic N) is 4. The maximum Gasteiger partial charge on any atom is 0.261 e. The Bertz CT molecular complexity index is 932. The molecule has 32 heavy (non-hydrogen) atoms. The quantitative estimate of drug-likeness (QED) is 0.625. The molecule has 0 bridgehead atoms. The molecule has 9 heteroatoms. The van der Waals surface area contributed by atoms with E-state index >= 15 is 0 Å². The lowest BCUT2D eigenvalue weighted by molar-refractivity contribution is -0.142. The molecule has 1 aromatic carbocycles. The summed E-state index contributed by atoms with van der Waals surface area (Å²) >= 11 is 0. The van der Waals surface area contributed by atoms with Gasteiger partial charge in [-0.15, -0.1) is 0 Å². The van der Waals surface area contributed by atoms with Gasteiger partial charge in [0.15, 0.2) is 0 Å². The van der Waals surface area contributed by atoms with Crippen LogP contribution in [0.15, 0.2) is 24.3 Å². The van der Waals surface area contributed by atoms with E-state index in [4.69, 9.17) is 0 Å². The Morgan fingerprint density at radius 2 is 1.50 bits per heavy atom. The first kappa shape index (κ1) is 22.0. The van der Waals surface area contributed by atoms with Gasteiger partial charge in [-0.1, -0.05) is 12.1 Å². The number of carbonyl (C=O) groups excluding carboxylic acids is 5. The van der Waals surface area contributed by atoms with Crippen LogP contribution in [0.25, 0.3) is 0 Å². The molecule has 170 valence electrons. The van der Waals surface area contributed by atoms with Crippen molar-refractivity contribution in [3.05, 3.63) is 35.4 Å². The summed E-state index contributed by atoms with van der Waals surface area (Å²) in [6.07, 6.45) is 0.302. The third-order valence-electron chi connectivity index (χ3n) is 6.50. The molecule has 2 saturated heterocycles. The molecule has 1 aromatic rings. The lowest BCUT2D eigenvalue weighted by Gasteiger charge is -2.36. The topological polar surface area (TPSA) is 98.3 Å². The number of hydrogen-bond donors (Lipinski definition) is 0. The monoisotopic (exact) mass is 440 g/mol. The SMILES string of the molecule is CC(C)N1CC(C(=O)N2CCN(C(=O)CCN3C(=O)c4ccccc4C3=O)CC2)CC1=O. The van der Waals surface area contributed by atoms with Gasteiger partial charge in [-0.25, -0.2) is 0 Å². The largest absolute Gasteiger partial charge is 0.339 e. The molecule has 0 aromatic heterocycles. The third kappa shape index (κ3) is 3.99. The number of hydrogen-bond acceptors (Lipinski definition) is 5. The number of fused-ring (bicyclic) bond motifs is 1. The summed E-state index contributed by atoms with van der Waals surface area (Å²) in [6.45, 7) is 6.03. The van der Waals surface area contributed by atoms with E-state index in [1.54, 1.807) is 39.0 Å². The average molecular weight is 441 g/mol. The molecular weight excluding hydrogens is 412 g/mol. The van der Waals surface area contributed by atoms with E-state index < -0.39 is 0 Å². The average Bonchev–Trinajstić information content (AvgIpc) is 3.30. The second-order valence-corrected chi connectivity index (χ2v) is 8.80. The van der Waals surface area contributed by atoms with E-state index in [0.717, 1.165) is 4.90 Å². The molecule has 0 N–H and O–H groups in total. The van der Waals surface area contributed by atoms with Gasteiger partial charge >= 0.3 is 0 Å². The molecule has 1 atom stereocenters. The van der Waals surface area contributed by atoms with Gasteiger partial charge in [-0.2, -0.15) is 0 Å². The normalized spacial score (nSPS) is 21.1. The number of rotatable bonds is 5. The van der Waals surface area contributed by atoms with Crippen molar-refractivity contribution in [1.29, 1.82) is 0 Å². The van der Waals surface area contributed by atoms with E-state index in [0.29, 0.717) is 43.9 Å². The highest BCUT2D eigenvalue weighted by Gasteiger charge is 2.39. The first-order chi connectivity index (χ1) is 15.3. The fraction of sp³-hybridized carbons (Fsp3) is 0.522. The van der Waals surface area contributed by atoms with Crippen LogP contribution in [-0.2, 0) is 14.4 Å². The number of imide groups is 1. The Morgan fingerprint density at radius 1 is 0.938 bits per heavy atom. The van der Waals surface area contributed by atoms with E-state index in [1.807, 2.05) is 13.8 Å². The Kier molecular flexibility index (Phi) is 5.99. The molecule has 9 nitrogen and oxygen atoms in total. The number of piperazine rings is 1. The van der Waals surface area contributed by atoms with Gasteiger partial charge in [-0.05, 0) is 26.0 Å². The Morgan fingerprint density at radius 3 is 2.03 bits per heavy atom. The molecule has 1 unspecified atom stereocenters. The van der Waals surface area contributed by atoms with E-state index in [2.05, 4.69) is 0 Å². The predicted molar refractivity (Wildman–Crippen MR) is 115 cm³/mol. The fourth-order valence-electron chi connectivity index (χ4n) is 4.64. The zero-order valence-electron chi connectivity index (χ0n) is 18.5. The maximum absolute atomic E-state index is 12.8. The van der Waals surface area contributed by atoms with Gasteiger partial charge < -0.3 is 14.7 Å². The van der Waals surface area contributed by atoms with Crippen LogP contribution in [0.1, 0.15) is 47.4 Å². The lowest BCUT2D eigenvalue weighted by atomic mass is 10.1. The Labute approximate surface area is 186 Å². The minimum atomic E-state index is -0.365. The van der Waals surface area contributed by atoms with Crippen LogP contribution in [0.5, 0.6) is 0 Å². The maximum atomic E-state index is 12.8. The van der Waals surface area contributed by atoms with E-state index in [9.17, 15) is 24.0 Å². The summed E-state index contributed by atoms with van der Waals surface area (Å²) in [4.78, 5) is 68.7. The van der Waals surface area contributed by atoms with Gasteiger partial charge in [0.05, 0.1) is 17.0 Å². The standard InChI is InChI=1S/C23H28N4O5/c1-15(2)27-14-16(13-20(27)29)21(30)25-11-9-24(10-12-25)19(28)7-8-26-22(31)17-5-3-4-6-18(17)23(26)32/h3-6,15-16H,7-14H2,1-2H3. The highest BCUT2D eigenvalue weighted by atomic mass is 16.2. The van der Waals surface area contributed by atoms with Crippen LogP contribution in [0, 0.1) is 5.92 Å². The molecule has 4 rings (SSSR count). The van der Waals surface area contributed by atoms with Crippen molar-refractivity contribution >= 4 is 29.5 Å². The van der Waals surface area contributed by atoms with Crippen LogP contribution in [-0.4, -0.2) is 94.4 Å². The summed E-state index contributed by atoms with van der Waals surface area (Å²) < 4.78 is 0. The van der Waals surface area contributed by atoms with Crippen molar-refractivity contribution in [1.82, 2.24) is 19.6 Å². The summed E-state index contributed by atoms with van der Waals surface area (Å²) in [6, 6.07) is 6.73. The Hall–Kier alpha value is -3.23. The van der Waals surface area contributed by atoms with Crippen LogP contribution >= 0.6 is 0 Å². The highest BCUT2D eigenvalue weighted by Crippen LogP contribution is 2.24. The van der Waals surface area contributed by atoms with Gasteiger partial charge in [0, 0.05) is 58.2 Å². The van der Waals surface area contributed by atoms with E-state index in [1.165, 1.54) is 0 Å². The molecule has 0 saturated carbocycles. The lowest BCUT2D eigenvalue weighted by Crippen LogP contribution is -2.52. The van der Waals surface area contributed by atoms with Crippen molar-refractivity contribution in [2.24, 2.45) is 5.92 Å². The first-order valence-electron chi connectivity index (χ1n) is 11.1. The second kappa shape index (κ2) is 8.72. The fourth-order valence-corrected chi connectivity index (χ4v) is 4.64. The first-order valence-corrected chi connectivity index (χ1v) is 11.1. The highest BCUT2D eigenvalue weighted by molar-refractivity contribution is 6.21. The van der Waals surface area contributed by atoms with Crippen molar-refractivity contribution in [3.8, 4) is 0 Å². The predicted octanol–water partition coefficient (Wildman–Crippen LogP) is 0.600.